The summed E-state index contributed by atoms with van der Waals surface area (Å²) >= 11 is 0. The molecule has 0 spiro atoms. The first-order chi connectivity index (χ1) is 9.49. The Morgan fingerprint density at radius 3 is 2.90 bits per heavy atom. The van der Waals surface area contributed by atoms with E-state index in [1.165, 1.54) is 6.07 Å². The molecule has 1 N–H and O–H groups in total. The van der Waals surface area contributed by atoms with Crippen LogP contribution in [0.4, 0.5) is 5.69 Å². The van der Waals surface area contributed by atoms with Crippen molar-refractivity contribution in [1.29, 1.82) is 0 Å². The van der Waals surface area contributed by atoms with Gasteiger partial charge in [-0.05, 0) is 32.8 Å². The van der Waals surface area contributed by atoms with Crippen molar-refractivity contribution >= 4 is 11.6 Å². The van der Waals surface area contributed by atoms with E-state index >= 15 is 0 Å². The van der Waals surface area contributed by atoms with Crippen LogP contribution >= 0.6 is 0 Å². The largest absolute Gasteiger partial charge is 0.376 e. The molecule has 1 amide bonds. The molecule has 1 fully saturated rings. The van der Waals surface area contributed by atoms with Gasteiger partial charge < -0.3 is 10.1 Å². The molecule has 1 heterocycles. The highest BCUT2D eigenvalue weighted by Gasteiger charge is 2.24. The molecule has 108 valence electrons. The van der Waals surface area contributed by atoms with Crippen molar-refractivity contribution in [2.24, 2.45) is 0 Å². The molecule has 0 unspecified atom stereocenters. The van der Waals surface area contributed by atoms with Gasteiger partial charge in [0.05, 0.1) is 17.1 Å². The molecule has 1 aliphatic heterocycles. The Labute approximate surface area is 117 Å². The van der Waals surface area contributed by atoms with Crippen LogP contribution in [-0.2, 0) is 4.74 Å². The smallest absolute Gasteiger partial charge is 0.273 e. The number of rotatable bonds is 4. The van der Waals surface area contributed by atoms with Gasteiger partial charge in [0.15, 0.2) is 0 Å². The number of nitro groups is 1. The molecule has 0 aromatic heterocycles. The SMILES string of the molecule is Cc1ccc(C(=O)N[C@@H](C)[C@@H]2CCCO2)cc1[N+](=O)[O-]. The van der Waals surface area contributed by atoms with Crippen molar-refractivity contribution < 1.29 is 14.5 Å². The lowest BCUT2D eigenvalue weighted by Crippen LogP contribution is -2.40. The molecule has 0 bridgehead atoms. The van der Waals surface area contributed by atoms with Crippen molar-refractivity contribution in [2.75, 3.05) is 6.61 Å². The fraction of sp³-hybridized carbons (Fsp3) is 0.500. The molecule has 0 aliphatic carbocycles. The first kappa shape index (κ1) is 14.5. The number of nitro benzene ring substituents is 1. The maximum Gasteiger partial charge on any atom is 0.273 e. The van der Waals surface area contributed by atoms with Gasteiger partial charge in [-0.1, -0.05) is 6.07 Å². The molecule has 2 rings (SSSR count). The highest BCUT2D eigenvalue weighted by molar-refractivity contribution is 5.95. The van der Waals surface area contributed by atoms with Crippen LogP contribution in [0.15, 0.2) is 18.2 Å². The summed E-state index contributed by atoms with van der Waals surface area (Å²) < 4.78 is 5.51. The molecule has 2 atom stereocenters. The zero-order valence-electron chi connectivity index (χ0n) is 11.6. The second kappa shape index (κ2) is 6.00. The highest BCUT2D eigenvalue weighted by atomic mass is 16.6. The van der Waals surface area contributed by atoms with E-state index in [-0.39, 0.29) is 23.7 Å². The van der Waals surface area contributed by atoms with Crippen LogP contribution in [0.3, 0.4) is 0 Å². The molecule has 0 radical (unpaired) electrons. The monoisotopic (exact) mass is 278 g/mol. The summed E-state index contributed by atoms with van der Waals surface area (Å²) in [6, 6.07) is 4.39. The average molecular weight is 278 g/mol. The summed E-state index contributed by atoms with van der Waals surface area (Å²) in [4.78, 5) is 22.5. The normalized spacial score (nSPS) is 19.6. The number of ether oxygens (including phenoxy) is 1. The summed E-state index contributed by atoms with van der Waals surface area (Å²) in [5.74, 6) is -0.309. The minimum atomic E-state index is -0.477. The van der Waals surface area contributed by atoms with Gasteiger partial charge in [0.25, 0.3) is 11.6 Å². The third kappa shape index (κ3) is 3.14. The van der Waals surface area contributed by atoms with Gasteiger partial charge in [-0.3, -0.25) is 14.9 Å². The van der Waals surface area contributed by atoms with Crippen molar-refractivity contribution in [3.05, 3.63) is 39.4 Å². The summed E-state index contributed by atoms with van der Waals surface area (Å²) in [5.41, 5.74) is 0.799. The molecule has 0 saturated carbocycles. The van der Waals surface area contributed by atoms with E-state index in [4.69, 9.17) is 4.74 Å². The minimum Gasteiger partial charge on any atom is -0.376 e. The number of aryl methyl sites for hydroxylation is 1. The van der Waals surface area contributed by atoms with Crippen LogP contribution in [-0.4, -0.2) is 29.6 Å². The standard InChI is InChI=1S/C14H18N2O4/c1-9-5-6-11(8-12(9)16(18)19)14(17)15-10(2)13-4-3-7-20-13/h5-6,8,10,13H,3-4,7H2,1-2H3,(H,15,17)/t10-,13-/m0/s1. The van der Waals surface area contributed by atoms with E-state index in [0.717, 1.165) is 19.4 Å². The maximum absolute atomic E-state index is 12.1. The lowest BCUT2D eigenvalue weighted by atomic mass is 10.1. The number of nitrogens with one attached hydrogen (secondary N) is 1. The predicted octanol–water partition coefficient (Wildman–Crippen LogP) is 2.20. The Morgan fingerprint density at radius 1 is 1.55 bits per heavy atom. The fourth-order valence-corrected chi connectivity index (χ4v) is 2.33. The third-order valence-electron chi connectivity index (χ3n) is 3.55. The van der Waals surface area contributed by atoms with E-state index in [2.05, 4.69) is 5.32 Å². The number of hydrogen-bond acceptors (Lipinski definition) is 4. The number of carbonyl (C=O) groups is 1. The maximum atomic E-state index is 12.1. The Balaban J connectivity index is 2.08. The topological polar surface area (TPSA) is 81.5 Å². The van der Waals surface area contributed by atoms with E-state index in [1.54, 1.807) is 19.1 Å². The molecular formula is C14H18N2O4. The molecule has 20 heavy (non-hydrogen) atoms. The molecule has 1 aliphatic rings. The fourth-order valence-electron chi connectivity index (χ4n) is 2.33. The molecular weight excluding hydrogens is 260 g/mol. The molecule has 1 aromatic carbocycles. The lowest BCUT2D eigenvalue weighted by molar-refractivity contribution is -0.385. The Kier molecular flexibility index (Phi) is 4.34. The Morgan fingerprint density at radius 2 is 2.30 bits per heavy atom. The van der Waals surface area contributed by atoms with Gasteiger partial charge in [0.1, 0.15) is 0 Å². The van der Waals surface area contributed by atoms with E-state index in [1.807, 2.05) is 6.92 Å². The molecule has 1 saturated heterocycles. The zero-order valence-corrected chi connectivity index (χ0v) is 11.6. The zero-order chi connectivity index (χ0) is 14.7. The number of benzene rings is 1. The number of amides is 1. The van der Waals surface area contributed by atoms with Crippen molar-refractivity contribution in [2.45, 2.75) is 38.8 Å². The third-order valence-corrected chi connectivity index (χ3v) is 3.55. The van der Waals surface area contributed by atoms with E-state index < -0.39 is 4.92 Å². The molecule has 6 heteroatoms. The van der Waals surface area contributed by atoms with Crippen LogP contribution < -0.4 is 5.32 Å². The van der Waals surface area contributed by atoms with E-state index in [0.29, 0.717) is 11.1 Å². The second-order valence-electron chi connectivity index (χ2n) is 5.07. The quantitative estimate of drug-likeness (QED) is 0.676. The van der Waals surface area contributed by atoms with Gasteiger partial charge >= 0.3 is 0 Å². The highest BCUT2D eigenvalue weighted by Crippen LogP contribution is 2.20. The minimum absolute atomic E-state index is 0.0272. The number of carbonyl (C=O) groups excluding carboxylic acids is 1. The van der Waals surface area contributed by atoms with Gasteiger partial charge in [-0.15, -0.1) is 0 Å². The number of hydrogen-bond donors (Lipinski definition) is 1. The van der Waals surface area contributed by atoms with Crippen molar-refractivity contribution in [3.63, 3.8) is 0 Å². The van der Waals surface area contributed by atoms with Crippen LogP contribution in [0.25, 0.3) is 0 Å². The summed E-state index contributed by atoms with van der Waals surface area (Å²) in [7, 11) is 0. The first-order valence-electron chi connectivity index (χ1n) is 6.66. The second-order valence-corrected chi connectivity index (χ2v) is 5.07. The Bertz CT molecular complexity index is 524. The summed E-state index contributed by atoms with van der Waals surface area (Å²) in [6.07, 6.45) is 1.95. The van der Waals surface area contributed by atoms with Crippen LogP contribution in [0.5, 0.6) is 0 Å². The first-order valence-corrected chi connectivity index (χ1v) is 6.66. The molecule has 6 nitrogen and oxygen atoms in total. The average Bonchev–Trinajstić information content (AvgIpc) is 2.92. The van der Waals surface area contributed by atoms with Crippen LogP contribution in [0, 0.1) is 17.0 Å². The van der Waals surface area contributed by atoms with Gasteiger partial charge in [-0.25, -0.2) is 0 Å². The van der Waals surface area contributed by atoms with E-state index in [9.17, 15) is 14.9 Å². The van der Waals surface area contributed by atoms with Gasteiger partial charge in [0.2, 0.25) is 0 Å². The number of nitrogens with zero attached hydrogens (tertiary/aromatic N) is 1. The lowest BCUT2D eigenvalue weighted by Gasteiger charge is -2.20. The van der Waals surface area contributed by atoms with Crippen molar-refractivity contribution in [3.8, 4) is 0 Å². The predicted molar refractivity (Wildman–Crippen MR) is 73.7 cm³/mol. The van der Waals surface area contributed by atoms with Crippen molar-refractivity contribution in [1.82, 2.24) is 5.32 Å². The van der Waals surface area contributed by atoms with Crippen LogP contribution in [0.1, 0.15) is 35.7 Å². The van der Waals surface area contributed by atoms with Gasteiger partial charge in [0, 0.05) is 23.8 Å². The van der Waals surface area contributed by atoms with Gasteiger partial charge in [-0.2, -0.15) is 0 Å². The Hall–Kier alpha value is -1.95. The summed E-state index contributed by atoms with van der Waals surface area (Å²) in [6.45, 7) is 4.26. The molecule has 1 aromatic rings. The van der Waals surface area contributed by atoms with Crippen LogP contribution in [0.2, 0.25) is 0 Å². The summed E-state index contributed by atoms with van der Waals surface area (Å²) in [5, 5.41) is 13.7.